The van der Waals surface area contributed by atoms with E-state index >= 15 is 0 Å². The Kier molecular flexibility index (Phi) is 4.98. The third-order valence-electron chi connectivity index (χ3n) is 2.92. The van der Waals surface area contributed by atoms with Crippen LogP contribution in [0.25, 0.3) is 0 Å². The molecule has 1 aromatic rings. The van der Waals surface area contributed by atoms with Gasteiger partial charge in [-0.3, -0.25) is 0 Å². The van der Waals surface area contributed by atoms with Gasteiger partial charge in [-0.2, -0.15) is 11.8 Å². The second kappa shape index (κ2) is 6.50. The summed E-state index contributed by atoms with van der Waals surface area (Å²) in [6.45, 7) is 2.20. The van der Waals surface area contributed by atoms with Crippen LogP contribution < -0.4 is 5.32 Å². The van der Waals surface area contributed by atoms with E-state index in [1.54, 1.807) is 0 Å². The molecular formula is C11H18ClN3OS. The van der Waals surface area contributed by atoms with Crippen LogP contribution in [-0.2, 0) is 6.42 Å². The van der Waals surface area contributed by atoms with E-state index in [1.165, 1.54) is 19.3 Å². The molecule has 0 saturated heterocycles. The van der Waals surface area contributed by atoms with Gasteiger partial charge in [0.15, 0.2) is 0 Å². The maximum absolute atomic E-state index is 5.63. The van der Waals surface area contributed by atoms with Gasteiger partial charge >= 0.3 is 6.01 Å². The number of hydrogen-bond acceptors (Lipinski definition) is 5. The highest BCUT2D eigenvalue weighted by atomic mass is 35.5. The summed E-state index contributed by atoms with van der Waals surface area (Å²) in [5.41, 5.74) is 0. The number of hydrogen-bond donors (Lipinski definition) is 1. The molecule has 1 saturated carbocycles. The number of aromatic nitrogens is 2. The molecule has 0 aromatic carbocycles. The number of alkyl halides is 1. The number of nitrogens with zero attached hydrogens (tertiary/aromatic N) is 2. The molecule has 4 nitrogen and oxygen atoms in total. The molecule has 0 amide bonds. The molecule has 2 atom stereocenters. The molecule has 2 rings (SSSR count). The SMILES string of the molecule is CCSC1CCCC1Nc1nnc(CCCl)o1. The van der Waals surface area contributed by atoms with Crippen molar-refractivity contribution in [3.05, 3.63) is 5.89 Å². The molecule has 0 bridgehead atoms. The van der Waals surface area contributed by atoms with Gasteiger partial charge in [-0.15, -0.1) is 16.7 Å². The first kappa shape index (κ1) is 13.0. The van der Waals surface area contributed by atoms with Gasteiger partial charge in [-0.05, 0) is 18.6 Å². The van der Waals surface area contributed by atoms with E-state index in [1.807, 2.05) is 11.8 Å². The number of thioether (sulfide) groups is 1. The van der Waals surface area contributed by atoms with Crippen molar-refractivity contribution in [2.24, 2.45) is 0 Å². The zero-order valence-corrected chi connectivity index (χ0v) is 11.6. The number of halogens is 1. The number of rotatable bonds is 6. The highest BCUT2D eigenvalue weighted by molar-refractivity contribution is 7.99. The average molecular weight is 276 g/mol. The third-order valence-corrected chi connectivity index (χ3v) is 4.43. The molecular weight excluding hydrogens is 258 g/mol. The van der Waals surface area contributed by atoms with Crippen molar-refractivity contribution in [3.63, 3.8) is 0 Å². The minimum Gasteiger partial charge on any atom is -0.408 e. The Balaban J connectivity index is 1.90. The standard InChI is InChI=1S/C11H18ClN3OS/c1-2-17-9-5-3-4-8(9)13-11-15-14-10(16-11)6-7-12/h8-9H,2-7H2,1H3,(H,13,15). The number of anilines is 1. The van der Waals surface area contributed by atoms with Crippen molar-refractivity contribution in [3.8, 4) is 0 Å². The molecule has 1 aliphatic carbocycles. The van der Waals surface area contributed by atoms with E-state index in [4.69, 9.17) is 16.0 Å². The molecule has 1 aromatic heterocycles. The Hall–Kier alpha value is -0.420. The van der Waals surface area contributed by atoms with Crippen molar-refractivity contribution < 1.29 is 4.42 Å². The first-order valence-corrected chi connectivity index (χ1v) is 7.68. The summed E-state index contributed by atoms with van der Waals surface area (Å²) in [5, 5.41) is 12.0. The fourth-order valence-corrected chi connectivity index (χ4v) is 3.52. The van der Waals surface area contributed by atoms with Crippen molar-refractivity contribution in [2.45, 2.75) is 43.9 Å². The summed E-state index contributed by atoms with van der Waals surface area (Å²) in [4.78, 5) is 0. The van der Waals surface area contributed by atoms with Crippen molar-refractivity contribution in [2.75, 3.05) is 16.9 Å². The molecule has 17 heavy (non-hydrogen) atoms. The third kappa shape index (κ3) is 3.52. The Morgan fingerprint density at radius 3 is 3.12 bits per heavy atom. The summed E-state index contributed by atoms with van der Waals surface area (Å²) in [6, 6.07) is 1.00. The van der Waals surface area contributed by atoms with Crippen LogP contribution in [0.1, 0.15) is 32.1 Å². The minimum absolute atomic E-state index is 0.462. The molecule has 2 unspecified atom stereocenters. The molecule has 1 heterocycles. The van der Waals surface area contributed by atoms with Crippen LogP contribution >= 0.6 is 23.4 Å². The second-order valence-electron chi connectivity index (χ2n) is 4.12. The maximum Gasteiger partial charge on any atom is 0.315 e. The highest BCUT2D eigenvalue weighted by Gasteiger charge is 2.28. The first-order chi connectivity index (χ1) is 8.33. The zero-order valence-electron chi connectivity index (χ0n) is 9.99. The Labute approximate surface area is 111 Å². The Bertz CT molecular complexity index is 347. The van der Waals surface area contributed by atoms with Crippen LogP contribution in [0.4, 0.5) is 6.01 Å². The van der Waals surface area contributed by atoms with Crippen LogP contribution in [-0.4, -0.2) is 33.1 Å². The van der Waals surface area contributed by atoms with Crippen LogP contribution in [0, 0.1) is 0 Å². The lowest BCUT2D eigenvalue weighted by molar-refractivity contribution is 0.505. The van der Waals surface area contributed by atoms with Gasteiger partial charge in [-0.1, -0.05) is 18.4 Å². The topological polar surface area (TPSA) is 51.0 Å². The monoisotopic (exact) mass is 275 g/mol. The largest absolute Gasteiger partial charge is 0.408 e. The van der Waals surface area contributed by atoms with E-state index in [9.17, 15) is 0 Å². The molecule has 1 aliphatic rings. The lowest BCUT2D eigenvalue weighted by Gasteiger charge is -2.18. The predicted octanol–water partition coefficient (Wildman–Crippen LogP) is 2.94. The van der Waals surface area contributed by atoms with Crippen LogP contribution in [0.15, 0.2) is 4.42 Å². The smallest absolute Gasteiger partial charge is 0.315 e. The van der Waals surface area contributed by atoms with Gasteiger partial charge in [-0.25, -0.2) is 0 Å². The van der Waals surface area contributed by atoms with Gasteiger partial charge in [0.25, 0.3) is 0 Å². The Morgan fingerprint density at radius 1 is 1.47 bits per heavy atom. The maximum atomic E-state index is 5.63. The van der Waals surface area contributed by atoms with Gasteiger partial charge in [0.2, 0.25) is 5.89 Å². The Morgan fingerprint density at radius 2 is 2.35 bits per heavy atom. The van der Waals surface area contributed by atoms with E-state index in [0.717, 1.165) is 5.75 Å². The van der Waals surface area contributed by atoms with E-state index in [2.05, 4.69) is 22.4 Å². The number of aryl methyl sites for hydroxylation is 1. The summed E-state index contributed by atoms with van der Waals surface area (Å²) < 4.78 is 5.49. The zero-order chi connectivity index (χ0) is 12.1. The predicted molar refractivity (Wildman–Crippen MR) is 71.9 cm³/mol. The molecule has 0 spiro atoms. The normalized spacial score (nSPS) is 24.1. The van der Waals surface area contributed by atoms with Crippen LogP contribution in [0.3, 0.4) is 0 Å². The van der Waals surface area contributed by atoms with Crippen molar-refractivity contribution >= 4 is 29.4 Å². The lowest BCUT2D eigenvalue weighted by atomic mass is 10.2. The summed E-state index contributed by atoms with van der Waals surface area (Å²) in [5.74, 6) is 2.28. The summed E-state index contributed by atoms with van der Waals surface area (Å²) >= 11 is 7.64. The van der Waals surface area contributed by atoms with Gasteiger partial charge in [0.1, 0.15) is 0 Å². The highest BCUT2D eigenvalue weighted by Crippen LogP contribution is 2.31. The van der Waals surface area contributed by atoms with Gasteiger partial charge < -0.3 is 9.73 Å². The lowest BCUT2D eigenvalue weighted by Crippen LogP contribution is -2.26. The molecule has 1 fully saturated rings. The molecule has 0 aliphatic heterocycles. The van der Waals surface area contributed by atoms with Crippen LogP contribution in [0.5, 0.6) is 0 Å². The van der Waals surface area contributed by atoms with E-state index < -0.39 is 0 Å². The molecule has 6 heteroatoms. The van der Waals surface area contributed by atoms with Crippen molar-refractivity contribution in [1.82, 2.24) is 10.2 Å². The van der Waals surface area contributed by atoms with Gasteiger partial charge in [0.05, 0.1) is 0 Å². The van der Waals surface area contributed by atoms with Gasteiger partial charge in [0, 0.05) is 23.6 Å². The quantitative estimate of drug-likeness (QED) is 0.809. The summed E-state index contributed by atoms with van der Waals surface area (Å²) in [6.07, 6.45) is 4.37. The van der Waals surface area contributed by atoms with E-state index in [-0.39, 0.29) is 0 Å². The average Bonchev–Trinajstić information content (AvgIpc) is 2.91. The minimum atomic E-state index is 0.462. The second-order valence-corrected chi connectivity index (χ2v) is 6.01. The molecule has 0 radical (unpaired) electrons. The number of nitrogens with one attached hydrogen (secondary N) is 1. The van der Waals surface area contributed by atoms with Crippen molar-refractivity contribution in [1.29, 1.82) is 0 Å². The molecule has 96 valence electrons. The summed E-state index contributed by atoms with van der Waals surface area (Å²) in [7, 11) is 0. The first-order valence-electron chi connectivity index (χ1n) is 6.10. The van der Waals surface area contributed by atoms with Crippen LogP contribution in [0.2, 0.25) is 0 Å². The fourth-order valence-electron chi connectivity index (χ4n) is 2.16. The molecule has 1 N–H and O–H groups in total. The fraction of sp³-hybridized carbons (Fsp3) is 0.818. The van der Waals surface area contributed by atoms with E-state index in [0.29, 0.717) is 35.5 Å².